The molecule has 1 unspecified atom stereocenters. The van der Waals surface area contributed by atoms with Gasteiger partial charge in [-0.15, -0.1) is 0 Å². The van der Waals surface area contributed by atoms with Crippen LogP contribution in [0.3, 0.4) is 0 Å². The molecule has 0 radical (unpaired) electrons. The van der Waals surface area contributed by atoms with Crippen molar-refractivity contribution < 1.29 is 4.74 Å². The van der Waals surface area contributed by atoms with E-state index in [0.717, 1.165) is 42.2 Å². The quantitative estimate of drug-likeness (QED) is 0.882. The summed E-state index contributed by atoms with van der Waals surface area (Å²) in [6.45, 7) is 13.4. The summed E-state index contributed by atoms with van der Waals surface area (Å²) in [4.78, 5) is 2.37. The molecule has 0 amide bonds. The van der Waals surface area contributed by atoms with E-state index in [1.165, 1.54) is 36.8 Å². The summed E-state index contributed by atoms with van der Waals surface area (Å²) in [6.07, 6.45) is 7.39. The van der Waals surface area contributed by atoms with E-state index in [1.54, 1.807) is 0 Å². The highest BCUT2D eigenvalue weighted by Gasteiger charge is 2.32. The number of nitrogens with one attached hydrogen (secondary N) is 1. The summed E-state index contributed by atoms with van der Waals surface area (Å²) in [5.41, 5.74) is 5.74. The van der Waals surface area contributed by atoms with Crippen molar-refractivity contribution in [1.82, 2.24) is 10.2 Å². The van der Waals surface area contributed by atoms with E-state index in [9.17, 15) is 0 Å². The zero-order valence-electron chi connectivity index (χ0n) is 14.3. The lowest BCUT2D eigenvalue weighted by Crippen LogP contribution is -2.39. The Morgan fingerprint density at radius 3 is 2.62 bits per heavy atom. The SMILES string of the molecule is C=C1CCC(N2Cc3cc(OC4CCCC4)ccc3C2=C)C(=C)N1. The highest BCUT2D eigenvalue weighted by atomic mass is 16.5. The van der Waals surface area contributed by atoms with Crippen LogP contribution in [0.25, 0.3) is 5.70 Å². The number of nitrogens with zero attached hydrogens (tertiary/aromatic N) is 1. The Morgan fingerprint density at radius 1 is 1.08 bits per heavy atom. The largest absolute Gasteiger partial charge is 0.490 e. The van der Waals surface area contributed by atoms with Crippen LogP contribution in [0.5, 0.6) is 5.75 Å². The Hall–Kier alpha value is -2.16. The van der Waals surface area contributed by atoms with Crippen LogP contribution in [0, 0.1) is 0 Å². The maximum absolute atomic E-state index is 6.16. The van der Waals surface area contributed by atoms with Gasteiger partial charge in [0.1, 0.15) is 5.75 Å². The fraction of sp³-hybridized carbons (Fsp3) is 0.429. The second kappa shape index (κ2) is 6.04. The van der Waals surface area contributed by atoms with Gasteiger partial charge in [-0.3, -0.25) is 0 Å². The van der Waals surface area contributed by atoms with Gasteiger partial charge < -0.3 is 15.0 Å². The fourth-order valence-corrected chi connectivity index (χ4v) is 4.19. The smallest absolute Gasteiger partial charge is 0.120 e. The predicted octanol–water partition coefficient (Wildman–Crippen LogP) is 4.57. The van der Waals surface area contributed by atoms with E-state index < -0.39 is 0 Å². The summed E-state index contributed by atoms with van der Waals surface area (Å²) in [6, 6.07) is 6.76. The summed E-state index contributed by atoms with van der Waals surface area (Å²) in [5, 5.41) is 3.32. The Morgan fingerprint density at radius 2 is 1.88 bits per heavy atom. The number of piperidine rings is 1. The molecule has 1 aliphatic carbocycles. The van der Waals surface area contributed by atoms with Gasteiger partial charge in [-0.1, -0.05) is 19.7 Å². The molecule has 1 atom stereocenters. The molecule has 4 rings (SSSR count). The molecule has 0 aromatic heterocycles. The van der Waals surface area contributed by atoms with E-state index >= 15 is 0 Å². The van der Waals surface area contributed by atoms with Crippen molar-refractivity contribution in [2.45, 2.75) is 57.2 Å². The van der Waals surface area contributed by atoms with Gasteiger partial charge in [-0.05, 0) is 62.3 Å². The van der Waals surface area contributed by atoms with E-state index in [2.05, 4.69) is 48.2 Å². The third kappa shape index (κ3) is 2.72. The second-order valence-electron chi connectivity index (χ2n) is 7.23. The Balaban J connectivity index is 1.51. The van der Waals surface area contributed by atoms with Gasteiger partial charge in [0.2, 0.25) is 0 Å². The number of fused-ring (bicyclic) bond motifs is 1. The van der Waals surface area contributed by atoms with Crippen LogP contribution in [-0.4, -0.2) is 17.0 Å². The average Bonchev–Trinajstić information content (AvgIpc) is 3.16. The molecular formula is C21H26N2O. The van der Waals surface area contributed by atoms with Gasteiger partial charge in [0.25, 0.3) is 0 Å². The van der Waals surface area contributed by atoms with Crippen molar-refractivity contribution >= 4 is 5.70 Å². The molecule has 2 aliphatic heterocycles. The van der Waals surface area contributed by atoms with Crippen LogP contribution in [0.15, 0.2) is 49.3 Å². The molecule has 1 N–H and O–H groups in total. The highest BCUT2D eigenvalue weighted by Crippen LogP contribution is 2.39. The first-order valence-corrected chi connectivity index (χ1v) is 9.01. The normalized spacial score (nSPS) is 24.2. The number of benzene rings is 1. The summed E-state index contributed by atoms with van der Waals surface area (Å²) in [5.74, 6) is 1.00. The second-order valence-corrected chi connectivity index (χ2v) is 7.23. The Bertz CT molecular complexity index is 700. The summed E-state index contributed by atoms with van der Waals surface area (Å²) >= 11 is 0. The first-order valence-electron chi connectivity index (χ1n) is 9.01. The minimum atomic E-state index is 0.287. The van der Waals surface area contributed by atoms with E-state index in [4.69, 9.17) is 4.74 Å². The van der Waals surface area contributed by atoms with Crippen LogP contribution in [0.1, 0.15) is 49.7 Å². The molecule has 1 aromatic carbocycles. The molecule has 2 fully saturated rings. The predicted molar refractivity (Wildman–Crippen MR) is 98.3 cm³/mol. The minimum Gasteiger partial charge on any atom is -0.490 e. The molecule has 126 valence electrons. The first-order chi connectivity index (χ1) is 11.6. The molecule has 0 spiro atoms. The lowest BCUT2D eigenvalue weighted by molar-refractivity contribution is 0.209. The lowest BCUT2D eigenvalue weighted by Gasteiger charge is -2.36. The number of hydrogen-bond acceptors (Lipinski definition) is 3. The van der Waals surface area contributed by atoms with Crippen LogP contribution in [0.4, 0.5) is 0 Å². The molecule has 0 bridgehead atoms. The lowest BCUT2D eigenvalue weighted by atomic mass is 10.0. The van der Waals surface area contributed by atoms with E-state index in [-0.39, 0.29) is 6.04 Å². The molecule has 24 heavy (non-hydrogen) atoms. The van der Waals surface area contributed by atoms with Crippen LogP contribution in [-0.2, 0) is 6.54 Å². The fourth-order valence-electron chi connectivity index (χ4n) is 4.19. The summed E-state index contributed by atoms with van der Waals surface area (Å²) in [7, 11) is 0. The molecule has 2 heterocycles. The van der Waals surface area contributed by atoms with Gasteiger partial charge in [0, 0.05) is 29.2 Å². The Kier molecular flexibility index (Phi) is 3.87. The maximum Gasteiger partial charge on any atom is 0.120 e. The van der Waals surface area contributed by atoms with Gasteiger partial charge in [-0.2, -0.15) is 0 Å². The van der Waals surface area contributed by atoms with Crippen molar-refractivity contribution in [3.63, 3.8) is 0 Å². The molecule has 1 aromatic rings. The minimum absolute atomic E-state index is 0.287. The van der Waals surface area contributed by atoms with Gasteiger partial charge in [0.05, 0.1) is 12.1 Å². The number of rotatable bonds is 3. The molecule has 1 saturated heterocycles. The topological polar surface area (TPSA) is 24.5 Å². The van der Waals surface area contributed by atoms with Crippen LogP contribution in [0.2, 0.25) is 0 Å². The number of hydrogen-bond donors (Lipinski definition) is 1. The van der Waals surface area contributed by atoms with Gasteiger partial charge in [-0.25, -0.2) is 0 Å². The third-order valence-electron chi connectivity index (χ3n) is 5.52. The highest BCUT2D eigenvalue weighted by molar-refractivity contribution is 5.70. The van der Waals surface area contributed by atoms with Crippen molar-refractivity contribution in [1.29, 1.82) is 0 Å². The average molecular weight is 322 g/mol. The van der Waals surface area contributed by atoms with Crippen LogP contribution >= 0.6 is 0 Å². The van der Waals surface area contributed by atoms with Crippen LogP contribution < -0.4 is 10.1 Å². The Labute approximate surface area is 144 Å². The molecule has 3 nitrogen and oxygen atoms in total. The zero-order valence-corrected chi connectivity index (χ0v) is 14.3. The van der Waals surface area contributed by atoms with E-state index in [0.29, 0.717) is 6.10 Å². The standard InChI is InChI=1S/C21H26N2O/c1-14-8-11-21(15(2)22-14)23-13-17-12-19(9-10-20(17)16(23)3)24-18-6-4-5-7-18/h9-10,12,18,21-22H,1-8,11,13H2. The zero-order chi connectivity index (χ0) is 16.7. The summed E-state index contributed by atoms with van der Waals surface area (Å²) < 4.78 is 6.16. The number of ether oxygens (including phenoxy) is 1. The first kappa shape index (κ1) is 15.4. The molecule has 3 aliphatic rings. The van der Waals surface area contributed by atoms with Crippen molar-refractivity contribution in [2.75, 3.05) is 0 Å². The molecule has 3 heteroatoms. The van der Waals surface area contributed by atoms with Crippen molar-refractivity contribution in [2.24, 2.45) is 0 Å². The molecular weight excluding hydrogens is 296 g/mol. The van der Waals surface area contributed by atoms with Gasteiger partial charge in [0.15, 0.2) is 0 Å². The maximum atomic E-state index is 6.16. The third-order valence-corrected chi connectivity index (χ3v) is 5.52. The molecule has 1 saturated carbocycles. The van der Waals surface area contributed by atoms with E-state index in [1.807, 2.05) is 0 Å². The van der Waals surface area contributed by atoms with Crippen molar-refractivity contribution in [3.8, 4) is 5.75 Å². The monoisotopic (exact) mass is 322 g/mol. The van der Waals surface area contributed by atoms with Crippen molar-refractivity contribution in [3.05, 3.63) is 60.5 Å². The number of allylic oxidation sites excluding steroid dienone is 1. The van der Waals surface area contributed by atoms with Gasteiger partial charge >= 0.3 is 0 Å².